The number of amides is 1. The SMILES string of the molecule is COc1cccc(C(=O)N2CCc3c(nn(C)c3-c3cccc(=O)[nH]3)[C@@H]2C)c1Cl. The molecule has 0 aliphatic carbocycles. The van der Waals surface area contributed by atoms with E-state index in [1.54, 1.807) is 33.8 Å². The molecule has 0 saturated heterocycles. The molecule has 0 saturated carbocycles. The summed E-state index contributed by atoms with van der Waals surface area (Å²) in [4.78, 5) is 29.6. The third-order valence-corrected chi connectivity index (χ3v) is 5.73. The lowest BCUT2D eigenvalue weighted by atomic mass is 9.96. The Hall–Kier alpha value is -3.06. The Labute approximate surface area is 172 Å². The summed E-state index contributed by atoms with van der Waals surface area (Å²) in [6, 6.07) is 10.0. The van der Waals surface area contributed by atoms with Crippen molar-refractivity contribution < 1.29 is 9.53 Å². The molecule has 1 atom stereocenters. The van der Waals surface area contributed by atoms with E-state index in [-0.39, 0.29) is 17.5 Å². The average Bonchev–Trinajstić information content (AvgIpc) is 3.05. The molecule has 3 heterocycles. The van der Waals surface area contributed by atoms with E-state index in [9.17, 15) is 9.59 Å². The van der Waals surface area contributed by atoms with Crippen LogP contribution in [0.2, 0.25) is 5.02 Å². The molecule has 0 spiro atoms. The van der Waals surface area contributed by atoms with Crippen molar-refractivity contribution in [3.05, 3.63) is 68.6 Å². The van der Waals surface area contributed by atoms with Crippen LogP contribution in [0.25, 0.3) is 11.4 Å². The van der Waals surface area contributed by atoms with Crippen molar-refractivity contribution in [3.63, 3.8) is 0 Å². The zero-order valence-corrected chi connectivity index (χ0v) is 17.2. The number of H-pyrrole nitrogens is 1. The third-order valence-electron chi connectivity index (χ3n) is 5.34. The first kappa shape index (κ1) is 19.3. The zero-order chi connectivity index (χ0) is 20.7. The van der Waals surface area contributed by atoms with E-state index in [0.29, 0.717) is 29.3 Å². The molecule has 1 amide bonds. The molecule has 8 heteroatoms. The molecule has 2 aromatic heterocycles. The van der Waals surface area contributed by atoms with Crippen molar-refractivity contribution in [1.82, 2.24) is 19.7 Å². The van der Waals surface area contributed by atoms with E-state index in [1.807, 2.05) is 20.0 Å². The van der Waals surface area contributed by atoms with E-state index in [0.717, 1.165) is 22.6 Å². The van der Waals surface area contributed by atoms with Gasteiger partial charge >= 0.3 is 0 Å². The van der Waals surface area contributed by atoms with Crippen molar-refractivity contribution in [2.24, 2.45) is 7.05 Å². The Kier molecular flexibility index (Phi) is 4.92. The first-order chi connectivity index (χ1) is 13.9. The molecule has 4 rings (SSSR count). The van der Waals surface area contributed by atoms with Gasteiger partial charge in [-0.1, -0.05) is 23.7 Å². The van der Waals surface area contributed by atoms with Crippen molar-refractivity contribution in [1.29, 1.82) is 0 Å². The van der Waals surface area contributed by atoms with Gasteiger partial charge in [-0.15, -0.1) is 0 Å². The highest BCUT2D eigenvalue weighted by atomic mass is 35.5. The van der Waals surface area contributed by atoms with Crippen LogP contribution >= 0.6 is 11.6 Å². The predicted octanol–water partition coefficient (Wildman–Crippen LogP) is 3.20. The van der Waals surface area contributed by atoms with E-state index >= 15 is 0 Å². The van der Waals surface area contributed by atoms with Crippen LogP contribution in [0.3, 0.4) is 0 Å². The molecular formula is C21H21ClN4O3. The first-order valence-corrected chi connectivity index (χ1v) is 9.69. The number of carbonyl (C=O) groups excluding carboxylic acids is 1. The molecule has 29 heavy (non-hydrogen) atoms. The number of halogens is 1. The number of nitrogens with one attached hydrogen (secondary N) is 1. The highest BCUT2D eigenvalue weighted by Gasteiger charge is 2.34. The van der Waals surface area contributed by atoms with Gasteiger partial charge in [-0.2, -0.15) is 5.10 Å². The van der Waals surface area contributed by atoms with E-state index in [2.05, 4.69) is 10.1 Å². The lowest BCUT2D eigenvalue weighted by Gasteiger charge is -2.33. The second kappa shape index (κ2) is 7.40. The molecule has 150 valence electrons. The van der Waals surface area contributed by atoms with Crippen LogP contribution in [-0.2, 0) is 13.5 Å². The van der Waals surface area contributed by atoms with Crippen LogP contribution < -0.4 is 10.3 Å². The normalized spacial score (nSPS) is 15.9. The van der Waals surface area contributed by atoms with Crippen LogP contribution in [0.15, 0.2) is 41.2 Å². The summed E-state index contributed by atoms with van der Waals surface area (Å²) in [5.41, 5.74) is 3.71. The number of aromatic amines is 1. The Morgan fingerprint density at radius 1 is 1.28 bits per heavy atom. The molecule has 1 aliphatic rings. The Balaban J connectivity index is 1.71. The number of rotatable bonds is 3. The number of fused-ring (bicyclic) bond motifs is 1. The van der Waals surface area contributed by atoms with Gasteiger partial charge in [0, 0.05) is 25.2 Å². The molecule has 0 unspecified atom stereocenters. The summed E-state index contributed by atoms with van der Waals surface area (Å²) >= 11 is 6.37. The van der Waals surface area contributed by atoms with Gasteiger partial charge in [-0.3, -0.25) is 14.3 Å². The Morgan fingerprint density at radius 2 is 2.03 bits per heavy atom. The predicted molar refractivity (Wildman–Crippen MR) is 110 cm³/mol. The van der Waals surface area contributed by atoms with Crippen LogP contribution in [-0.4, -0.2) is 39.2 Å². The number of carbonyl (C=O) groups is 1. The van der Waals surface area contributed by atoms with Crippen LogP contribution in [0.5, 0.6) is 5.75 Å². The van der Waals surface area contributed by atoms with Crippen LogP contribution in [0.4, 0.5) is 0 Å². The number of aryl methyl sites for hydroxylation is 1. The van der Waals surface area contributed by atoms with Gasteiger partial charge in [0.05, 0.1) is 40.8 Å². The van der Waals surface area contributed by atoms with Gasteiger partial charge in [0.25, 0.3) is 5.91 Å². The molecular weight excluding hydrogens is 392 g/mol. The van der Waals surface area contributed by atoms with Gasteiger partial charge < -0.3 is 14.6 Å². The summed E-state index contributed by atoms with van der Waals surface area (Å²) in [5, 5.41) is 4.97. The first-order valence-electron chi connectivity index (χ1n) is 9.31. The number of benzene rings is 1. The van der Waals surface area contributed by atoms with E-state index in [4.69, 9.17) is 16.3 Å². The van der Waals surface area contributed by atoms with Gasteiger partial charge in [0.15, 0.2) is 0 Å². The van der Waals surface area contributed by atoms with Crippen molar-refractivity contribution in [3.8, 4) is 17.1 Å². The lowest BCUT2D eigenvalue weighted by molar-refractivity contribution is 0.0673. The number of methoxy groups -OCH3 is 1. The van der Waals surface area contributed by atoms with Crippen LogP contribution in [0.1, 0.15) is 34.6 Å². The molecule has 1 N–H and O–H groups in total. The number of ether oxygens (including phenoxy) is 1. The smallest absolute Gasteiger partial charge is 0.256 e. The van der Waals surface area contributed by atoms with Gasteiger partial charge in [0.1, 0.15) is 5.75 Å². The summed E-state index contributed by atoms with van der Waals surface area (Å²) in [5.74, 6) is 0.309. The molecule has 3 aromatic rings. The molecule has 0 radical (unpaired) electrons. The minimum absolute atomic E-state index is 0.160. The number of pyridine rings is 1. The molecule has 0 bridgehead atoms. The van der Waals surface area contributed by atoms with Crippen molar-refractivity contribution >= 4 is 17.5 Å². The molecule has 1 aliphatic heterocycles. The fourth-order valence-electron chi connectivity index (χ4n) is 3.93. The lowest BCUT2D eigenvalue weighted by Crippen LogP contribution is -2.39. The topological polar surface area (TPSA) is 80.2 Å². The third kappa shape index (κ3) is 3.21. The second-order valence-electron chi connectivity index (χ2n) is 7.01. The van der Waals surface area contributed by atoms with E-state index < -0.39 is 0 Å². The van der Waals surface area contributed by atoms with Crippen LogP contribution in [0, 0.1) is 0 Å². The average molecular weight is 413 g/mol. The maximum Gasteiger partial charge on any atom is 0.256 e. The minimum Gasteiger partial charge on any atom is -0.495 e. The zero-order valence-electron chi connectivity index (χ0n) is 16.4. The number of hydrogen-bond acceptors (Lipinski definition) is 4. The minimum atomic E-state index is -0.232. The molecule has 1 aromatic carbocycles. The summed E-state index contributed by atoms with van der Waals surface area (Å²) < 4.78 is 7.00. The number of aromatic nitrogens is 3. The Bertz CT molecular complexity index is 1150. The standard InChI is InChI=1S/C21H21ClN4O3/c1-12-19-14(20(25(2)24-19)15-7-5-9-17(27)23-15)10-11-26(12)21(28)13-6-4-8-16(29-3)18(13)22/h4-9,12H,10-11H2,1-3H3,(H,23,27)/t12-/m0/s1. The maximum absolute atomic E-state index is 13.2. The molecule has 0 fully saturated rings. The van der Waals surface area contributed by atoms with Crippen molar-refractivity contribution in [2.75, 3.05) is 13.7 Å². The molecule has 7 nitrogen and oxygen atoms in total. The second-order valence-corrected chi connectivity index (χ2v) is 7.39. The fourth-order valence-corrected chi connectivity index (χ4v) is 4.22. The number of nitrogens with zero attached hydrogens (tertiary/aromatic N) is 3. The van der Waals surface area contributed by atoms with E-state index in [1.165, 1.54) is 13.2 Å². The van der Waals surface area contributed by atoms with Gasteiger partial charge in [0.2, 0.25) is 5.56 Å². The number of hydrogen-bond donors (Lipinski definition) is 1. The largest absolute Gasteiger partial charge is 0.495 e. The maximum atomic E-state index is 13.2. The van der Waals surface area contributed by atoms with Gasteiger partial charge in [-0.05, 0) is 31.5 Å². The Morgan fingerprint density at radius 3 is 2.76 bits per heavy atom. The quantitative estimate of drug-likeness (QED) is 0.716. The van der Waals surface area contributed by atoms with Gasteiger partial charge in [-0.25, -0.2) is 0 Å². The fraction of sp³-hybridized carbons (Fsp3) is 0.286. The summed E-state index contributed by atoms with van der Waals surface area (Å²) in [6.45, 7) is 2.48. The monoisotopic (exact) mass is 412 g/mol. The summed E-state index contributed by atoms with van der Waals surface area (Å²) in [7, 11) is 3.37. The highest BCUT2D eigenvalue weighted by molar-refractivity contribution is 6.35. The summed E-state index contributed by atoms with van der Waals surface area (Å²) in [6.07, 6.45) is 0.632. The highest BCUT2D eigenvalue weighted by Crippen LogP contribution is 2.36. The van der Waals surface area contributed by atoms with Crippen molar-refractivity contribution in [2.45, 2.75) is 19.4 Å².